The summed E-state index contributed by atoms with van der Waals surface area (Å²) in [6.45, 7) is -0.00982. The van der Waals surface area contributed by atoms with Crippen molar-refractivity contribution >= 4 is 29.1 Å². The van der Waals surface area contributed by atoms with Gasteiger partial charge in [0.15, 0.2) is 6.61 Å². The van der Waals surface area contributed by atoms with Crippen LogP contribution in [0.3, 0.4) is 0 Å². The third kappa shape index (κ3) is 4.51. The topological polar surface area (TPSA) is 89.7 Å². The van der Waals surface area contributed by atoms with Gasteiger partial charge in [-0.25, -0.2) is 9.18 Å². The van der Waals surface area contributed by atoms with Crippen LogP contribution in [-0.4, -0.2) is 41.9 Å². The lowest BCUT2D eigenvalue weighted by molar-refractivity contribution is -0.143. The number of carbonyl (C=O) groups excluding carboxylic acids is 3. The summed E-state index contributed by atoms with van der Waals surface area (Å²) in [6, 6.07) is 8.64. The SMILES string of the molecule is NC(=O)[C@H]1CCCCN1C(=O)COC(=O)c1ccc(-c2ccc(F)cc2)s1. The summed E-state index contributed by atoms with van der Waals surface area (Å²) >= 11 is 1.20. The summed E-state index contributed by atoms with van der Waals surface area (Å²) in [5.41, 5.74) is 6.13. The molecule has 1 aromatic heterocycles. The van der Waals surface area contributed by atoms with Crippen molar-refractivity contribution < 1.29 is 23.5 Å². The number of piperidine rings is 1. The molecular formula is C19H19FN2O4S. The molecule has 2 N–H and O–H groups in total. The number of esters is 1. The normalized spacial score (nSPS) is 16.8. The van der Waals surface area contributed by atoms with Crippen molar-refractivity contribution in [1.29, 1.82) is 0 Å². The van der Waals surface area contributed by atoms with Crippen molar-refractivity contribution in [1.82, 2.24) is 4.90 Å². The van der Waals surface area contributed by atoms with Gasteiger partial charge in [-0.2, -0.15) is 0 Å². The molecule has 2 amide bonds. The number of rotatable bonds is 5. The van der Waals surface area contributed by atoms with Crippen LogP contribution in [0.4, 0.5) is 4.39 Å². The number of nitrogens with two attached hydrogens (primary N) is 1. The molecule has 27 heavy (non-hydrogen) atoms. The van der Waals surface area contributed by atoms with E-state index >= 15 is 0 Å². The first-order valence-electron chi connectivity index (χ1n) is 8.57. The highest BCUT2D eigenvalue weighted by Crippen LogP contribution is 2.28. The molecule has 1 atom stereocenters. The summed E-state index contributed by atoms with van der Waals surface area (Å²) < 4.78 is 18.1. The fourth-order valence-electron chi connectivity index (χ4n) is 3.02. The van der Waals surface area contributed by atoms with Crippen molar-refractivity contribution in [3.63, 3.8) is 0 Å². The second-order valence-corrected chi connectivity index (χ2v) is 7.33. The molecule has 0 unspecified atom stereocenters. The highest BCUT2D eigenvalue weighted by Gasteiger charge is 2.31. The highest BCUT2D eigenvalue weighted by molar-refractivity contribution is 7.17. The van der Waals surface area contributed by atoms with E-state index in [-0.39, 0.29) is 5.82 Å². The number of benzene rings is 1. The first-order chi connectivity index (χ1) is 13.0. The summed E-state index contributed by atoms with van der Waals surface area (Å²) in [5, 5.41) is 0. The highest BCUT2D eigenvalue weighted by atomic mass is 32.1. The van der Waals surface area contributed by atoms with E-state index in [9.17, 15) is 18.8 Å². The Bertz CT molecular complexity index is 850. The van der Waals surface area contributed by atoms with E-state index in [1.807, 2.05) is 0 Å². The largest absolute Gasteiger partial charge is 0.451 e. The monoisotopic (exact) mass is 390 g/mol. The number of primary amides is 1. The van der Waals surface area contributed by atoms with Crippen LogP contribution < -0.4 is 5.73 Å². The molecule has 0 radical (unpaired) electrons. The molecule has 0 bridgehead atoms. The third-order valence-corrected chi connectivity index (χ3v) is 5.53. The van der Waals surface area contributed by atoms with Crippen LogP contribution in [0.1, 0.15) is 28.9 Å². The van der Waals surface area contributed by atoms with Crippen LogP contribution >= 0.6 is 11.3 Å². The fraction of sp³-hybridized carbons (Fsp3) is 0.316. The maximum Gasteiger partial charge on any atom is 0.348 e. The van der Waals surface area contributed by atoms with E-state index in [0.29, 0.717) is 17.8 Å². The molecule has 1 fully saturated rings. The molecular weight excluding hydrogens is 371 g/mol. The minimum absolute atomic E-state index is 0.333. The molecule has 1 aromatic carbocycles. The molecule has 1 aliphatic rings. The average molecular weight is 390 g/mol. The first kappa shape index (κ1) is 19.0. The van der Waals surface area contributed by atoms with Crippen molar-refractivity contribution in [2.24, 2.45) is 5.73 Å². The Morgan fingerprint density at radius 3 is 2.59 bits per heavy atom. The lowest BCUT2D eigenvalue weighted by Crippen LogP contribution is -2.51. The second-order valence-electron chi connectivity index (χ2n) is 6.25. The van der Waals surface area contributed by atoms with Crippen LogP contribution in [0.15, 0.2) is 36.4 Å². The van der Waals surface area contributed by atoms with E-state index in [0.717, 1.165) is 23.3 Å². The van der Waals surface area contributed by atoms with Crippen LogP contribution in [-0.2, 0) is 14.3 Å². The Kier molecular flexibility index (Phi) is 5.85. The fourth-order valence-corrected chi connectivity index (χ4v) is 3.93. The minimum atomic E-state index is -0.642. The van der Waals surface area contributed by atoms with E-state index in [4.69, 9.17) is 10.5 Å². The standard InChI is InChI=1S/C19H19FN2O4S/c20-13-6-4-12(5-7-13)15-8-9-16(27-15)19(25)26-11-17(23)22-10-2-1-3-14(22)18(21)24/h4-9,14H,1-3,10-11H2,(H2,21,24)/t14-/m1/s1. The molecule has 6 nitrogen and oxygen atoms in total. The number of thiophene rings is 1. The van der Waals surface area contributed by atoms with Crippen molar-refractivity contribution in [3.8, 4) is 10.4 Å². The molecule has 2 aromatic rings. The summed E-state index contributed by atoms with van der Waals surface area (Å²) in [5.74, 6) is -1.92. The molecule has 1 aliphatic heterocycles. The van der Waals surface area contributed by atoms with Gasteiger partial charge >= 0.3 is 5.97 Å². The lowest BCUT2D eigenvalue weighted by Gasteiger charge is -2.33. The molecule has 8 heteroatoms. The van der Waals surface area contributed by atoms with Crippen molar-refractivity contribution in [2.75, 3.05) is 13.2 Å². The number of halogens is 1. The van der Waals surface area contributed by atoms with Crippen molar-refractivity contribution in [3.05, 3.63) is 47.1 Å². The van der Waals surface area contributed by atoms with E-state index in [1.54, 1.807) is 24.3 Å². The van der Waals surface area contributed by atoms with Gasteiger partial charge in [0.05, 0.1) is 0 Å². The van der Waals surface area contributed by atoms with Crippen LogP contribution in [0, 0.1) is 5.82 Å². The Labute approximate surface area is 159 Å². The number of hydrogen-bond donors (Lipinski definition) is 1. The molecule has 2 heterocycles. The van der Waals surface area contributed by atoms with Crippen LogP contribution in [0.25, 0.3) is 10.4 Å². The van der Waals surface area contributed by atoms with Gasteiger partial charge in [-0.15, -0.1) is 11.3 Å². The predicted octanol–water partition coefficient (Wildman–Crippen LogP) is 2.58. The van der Waals surface area contributed by atoms with Crippen LogP contribution in [0.2, 0.25) is 0 Å². The number of likely N-dealkylation sites (tertiary alicyclic amines) is 1. The number of amides is 2. The summed E-state index contributed by atoms with van der Waals surface area (Å²) in [7, 11) is 0. The second kappa shape index (κ2) is 8.30. The average Bonchev–Trinajstić information content (AvgIpc) is 3.16. The number of carbonyl (C=O) groups is 3. The predicted molar refractivity (Wildman–Crippen MR) is 98.5 cm³/mol. The minimum Gasteiger partial charge on any atom is -0.451 e. The van der Waals surface area contributed by atoms with Crippen LogP contribution in [0.5, 0.6) is 0 Å². The molecule has 0 aliphatic carbocycles. The zero-order valence-electron chi connectivity index (χ0n) is 14.5. The molecule has 0 spiro atoms. The van der Waals surface area contributed by atoms with Gasteiger partial charge in [0.25, 0.3) is 5.91 Å². The van der Waals surface area contributed by atoms with E-state index in [2.05, 4.69) is 0 Å². The van der Waals surface area contributed by atoms with Gasteiger partial charge in [0, 0.05) is 11.4 Å². The molecule has 3 rings (SSSR count). The van der Waals surface area contributed by atoms with Gasteiger partial charge in [-0.05, 0) is 49.1 Å². The Morgan fingerprint density at radius 2 is 1.89 bits per heavy atom. The van der Waals surface area contributed by atoms with Gasteiger partial charge in [-0.1, -0.05) is 12.1 Å². The van der Waals surface area contributed by atoms with Gasteiger partial charge in [-0.3, -0.25) is 9.59 Å². The van der Waals surface area contributed by atoms with E-state index in [1.165, 1.54) is 28.4 Å². The smallest absolute Gasteiger partial charge is 0.348 e. The van der Waals surface area contributed by atoms with Gasteiger partial charge in [0.1, 0.15) is 16.7 Å². The maximum atomic E-state index is 13.0. The Morgan fingerprint density at radius 1 is 1.15 bits per heavy atom. The summed E-state index contributed by atoms with van der Waals surface area (Å²) in [4.78, 5) is 38.5. The quantitative estimate of drug-likeness (QED) is 0.795. The number of nitrogens with zero attached hydrogens (tertiary/aromatic N) is 1. The van der Waals surface area contributed by atoms with E-state index < -0.39 is 30.4 Å². The van der Waals surface area contributed by atoms with Gasteiger partial charge < -0.3 is 15.4 Å². The van der Waals surface area contributed by atoms with Crippen molar-refractivity contribution in [2.45, 2.75) is 25.3 Å². The zero-order valence-corrected chi connectivity index (χ0v) is 15.3. The lowest BCUT2D eigenvalue weighted by atomic mass is 10.0. The summed E-state index contributed by atoms with van der Waals surface area (Å²) in [6.07, 6.45) is 2.15. The Balaban J connectivity index is 1.60. The number of ether oxygens (including phenoxy) is 1. The van der Waals surface area contributed by atoms with Gasteiger partial charge in [0.2, 0.25) is 5.91 Å². The Hall–Kier alpha value is -2.74. The maximum absolute atomic E-state index is 13.0. The zero-order chi connectivity index (χ0) is 19.4. The molecule has 142 valence electrons. The number of hydrogen-bond acceptors (Lipinski definition) is 5. The first-order valence-corrected chi connectivity index (χ1v) is 9.39. The molecule has 1 saturated heterocycles. The third-order valence-electron chi connectivity index (χ3n) is 4.41. The molecule has 0 saturated carbocycles.